The fourth-order valence-corrected chi connectivity index (χ4v) is 2.37. The average molecular weight is 236 g/mol. The lowest BCUT2D eigenvalue weighted by Crippen LogP contribution is -1.97. The van der Waals surface area contributed by atoms with E-state index in [0.29, 0.717) is 0 Å². The van der Waals surface area contributed by atoms with E-state index in [1.165, 1.54) is 16.6 Å². The molecule has 0 spiro atoms. The summed E-state index contributed by atoms with van der Waals surface area (Å²) < 4.78 is 2.27. The highest BCUT2D eigenvalue weighted by Gasteiger charge is 2.10. The molecule has 18 heavy (non-hydrogen) atoms. The quantitative estimate of drug-likeness (QED) is 0.656. The summed E-state index contributed by atoms with van der Waals surface area (Å²) in [7, 11) is 0. The second-order valence-corrected chi connectivity index (χ2v) is 4.54. The van der Waals surface area contributed by atoms with E-state index in [2.05, 4.69) is 60.9 Å². The summed E-state index contributed by atoms with van der Waals surface area (Å²) in [5.41, 5.74) is 4.72. The number of nitrogens with zero attached hydrogens (tertiary/aromatic N) is 2. The van der Waals surface area contributed by atoms with Crippen molar-refractivity contribution in [2.45, 2.75) is 20.4 Å². The van der Waals surface area contributed by atoms with Gasteiger partial charge in [0.25, 0.3) is 0 Å². The third-order valence-corrected chi connectivity index (χ3v) is 3.25. The van der Waals surface area contributed by atoms with Gasteiger partial charge in [-0.3, -0.25) is 0 Å². The third-order valence-electron chi connectivity index (χ3n) is 3.25. The lowest BCUT2D eigenvalue weighted by Gasteiger charge is -2.05. The molecule has 0 bridgehead atoms. The minimum Gasteiger partial charge on any atom is -0.324 e. The molecule has 1 aromatic heterocycles. The van der Waals surface area contributed by atoms with Crippen LogP contribution < -0.4 is 0 Å². The Bertz CT molecular complexity index is 681. The predicted molar refractivity (Wildman–Crippen MR) is 75.6 cm³/mol. The average Bonchev–Trinajstić information content (AvgIpc) is 2.77. The molecule has 0 aliphatic rings. The van der Waals surface area contributed by atoms with Gasteiger partial charge in [-0.2, -0.15) is 0 Å². The van der Waals surface area contributed by atoms with Crippen molar-refractivity contribution in [3.8, 4) is 11.4 Å². The number of aromatic nitrogens is 2. The van der Waals surface area contributed by atoms with E-state index in [0.717, 1.165) is 17.9 Å². The second-order valence-electron chi connectivity index (χ2n) is 4.54. The van der Waals surface area contributed by atoms with Crippen molar-refractivity contribution >= 4 is 11.0 Å². The van der Waals surface area contributed by atoms with Crippen LogP contribution in [-0.2, 0) is 6.54 Å². The molecule has 0 amide bonds. The highest BCUT2D eigenvalue weighted by Crippen LogP contribution is 2.25. The first-order valence-electron chi connectivity index (χ1n) is 6.32. The van der Waals surface area contributed by atoms with E-state index >= 15 is 0 Å². The molecule has 90 valence electrons. The first-order chi connectivity index (χ1) is 8.79. The minimum absolute atomic E-state index is 0.934. The number of hydrogen-bond donors (Lipinski definition) is 0. The summed E-state index contributed by atoms with van der Waals surface area (Å²) in [5, 5.41) is 0. The number of aryl methyl sites for hydroxylation is 2. The van der Waals surface area contributed by atoms with Gasteiger partial charge in [0.2, 0.25) is 0 Å². The van der Waals surface area contributed by atoms with Crippen molar-refractivity contribution in [2.75, 3.05) is 0 Å². The minimum atomic E-state index is 0.934. The van der Waals surface area contributed by atoms with Gasteiger partial charge in [-0.25, -0.2) is 4.98 Å². The van der Waals surface area contributed by atoms with Gasteiger partial charge in [-0.1, -0.05) is 36.4 Å². The topological polar surface area (TPSA) is 17.8 Å². The van der Waals surface area contributed by atoms with Crippen LogP contribution in [0.2, 0.25) is 0 Å². The van der Waals surface area contributed by atoms with Gasteiger partial charge in [0, 0.05) is 12.1 Å². The van der Waals surface area contributed by atoms with Crippen molar-refractivity contribution < 1.29 is 0 Å². The normalized spacial score (nSPS) is 11.0. The first-order valence-corrected chi connectivity index (χ1v) is 6.32. The van der Waals surface area contributed by atoms with Crippen molar-refractivity contribution in [1.82, 2.24) is 9.55 Å². The number of benzene rings is 2. The molecule has 1 heterocycles. The zero-order valence-corrected chi connectivity index (χ0v) is 10.7. The van der Waals surface area contributed by atoms with Crippen molar-refractivity contribution in [2.24, 2.45) is 0 Å². The Balaban J connectivity index is 2.29. The smallest absolute Gasteiger partial charge is 0.141 e. The third kappa shape index (κ3) is 1.70. The number of rotatable bonds is 2. The van der Waals surface area contributed by atoms with Crippen LogP contribution in [0.15, 0.2) is 48.5 Å². The molecule has 2 heteroatoms. The SMILES string of the molecule is CCn1c(-c2ccccc2)nc2cc(C)ccc21. The Hall–Kier alpha value is -2.09. The summed E-state index contributed by atoms with van der Waals surface area (Å²) in [5.74, 6) is 1.05. The Morgan fingerprint density at radius 2 is 1.83 bits per heavy atom. The van der Waals surface area contributed by atoms with Gasteiger partial charge in [0.05, 0.1) is 11.0 Å². The van der Waals surface area contributed by atoms with E-state index in [-0.39, 0.29) is 0 Å². The molecule has 0 saturated heterocycles. The van der Waals surface area contributed by atoms with Crippen molar-refractivity contribution in [3.05, 3.63) is 54.1 Å². The zero-order chi connectivity index (χ0) is 12.5. The summed E-state index contributed by atoms with van der Waals surface area (Å²) >= 11 is 0. The molecule has 3 rings (SSSR count). The van der Waals surface area contributed by atoms with Crippen molar-refractivity contribution in [1.29, 1.82) is 0 Å². The van der Waals surface area contributed by atoms with E-state index in [1.54, 1.807) is 0 Å². The maximum absolute atomic E-state index is 4.78. The lowest BCUT2D eigenvalue weighted by atomic mass is 10.2. The van der Waals surface area contributed by atoms with Gasteiger partial charge < -0.3 is 4.57 Å². The molecular weight excluding hydrogens is 220 g/mol. The molecule has 2 nitrogen and oxygen atoms in total. The maximum Gasteiger partial charge on any atom is 0.141 e. The van der Waals surface area contributed by atoms with Crippen LogP contribution in [0.4, 0.5) is 0 Å². The van der Waals surface area contributed by atoms with E-state index in [1.807, 2.05) is 6.07 Å². The molecule has 0 aliphatic carbocycles. The first kappa shape index (κ1) is 11.0. The Morgan fingerprint density at radius 3 is 2.56 bits per heavy atom. The number of hydrogen-bond acceptors (Lipinski definition) is 1. The molecular formula is C16H16N2. The molecule has 0 unspecified atom stereocenters. The van der Waals surface area contributed by atoms with Crippen LogP contribution in [0.5, 0.6) is 0 Å². The van der Waals surface area contributed by atoms with Crippen LogP contribution in [0, 0.1) is 6.92 Å². The molecule has 3 aromatic rings. The summed E-state index contributed by atoms with van der Waals surface area (Å²) in [6.07, 6.45) is 0. The lowest BCUT2D eigenvalue weighted by molar-refractivity contribution is 0.796. The van der Waals surface area contributed by atoms with Crippen molar-refractivity contribution in [3.63, 3.8) is 0 Å². The molecule has 0 aliphatic heterocycles. The summed E-state index contributed by atoms with van der Waals surface area (Å²) in [6.45, 7) is 5.20. The molecule has 0 radical (unpaired) electrons. The largest absolute Gasteiger partial charge is 0.324 e. The molecule has 0 saturated carbocycles. The number of imidazole rings is 1. The van der Waals surface area contributed by atoms with Crippen LogP contribution in [0.1, 0.15) is 12.5 Å². The van der Waals surface area contributed by atoms with E-state index in [4.69, 9.17) is 4.98 Å². The van der Waals surface area contributed by atoms with Crippen LogP contribution in [0.25, 0.3) is 22.4 Å². The molecule has 0 atom stereocenters. The van der Waals surface area contributed by atoms with Crippen LogP contribution >= 0.6 is 0 Å². The Labute approximate surface area is 107 Å². The fourth-order valence-electron chi connectivity index (χ4n) is 2.37. The Kier molecular flexibility index (Phi) is 2.63. The standard InChI is InChI=1S/C16H16N2/c1-3-18-15-10-9-12(2)11-14(15)17-16(18)13-7-5-4-6-8-13/h4-11H,3H2,1-2H3. The van der Waals surface area contributed by atoms with Gasteiger partial charge in [0.1, 0.15) is 5.82 Å². The highest BCUT2D eigenvalue weighted by molar-refractivity contribution is 5.81. The van der Waals surface area contributed by atoms with E-state index < -0.39 is 0 Å². The van der Waals surface area contributed by atoms with E-state index in [9.17, 15) is 0 Å². The van der Waals surface area contributed by atoms with Gasteiger partial charge in [-0.05, 0) is 31.5 Å². The monoisotopic (exact) mass is 236 g/mol. The van der Waals surface area contributed by atoms with Crippen LogP contribution in [-0.4, -0.2) is 9.55 Å². The highest BCUT2D eigenvalue weighted by atomic mass is 15.1. The van der Waals surface area contributed by atoms with Gasteiger partial charge in [-0.15, -0.1) is 0 Å². The second kappa shape index (κ2) is 4.30. The van der Waals surface area contributed by atoms with Gasteiger partial charge in [0.15, 0.2) is 0 Å². The predicted octanol–water partition coefficient (Wildman–Crippen LogP) is 4.03. The van der Waals surface area contributed by atoms with Crippen LogP contribution in [0.3, 0.4) is 0 Å². The molecule has 0 N–H and O–H groups in total. The molecule has 0 fully saturated rings. The number of fused-ring (bicyclic) bond motifs is 1. The summed E-state index contributed by atoms with van der Waals surface area (Å²) in [4.78, 5) is 4.78. The fraction of sp³-hybridized carbons (Fsp3) is 0.188. The molecule has 2 aromatic carbocycles. The zero-order valence-electron chi connectivity index (χ0n) is 10.7. The van der Waals surface area contributed by atoms with Gasteiger partial charge >= 0.3 is 0 Å². The Morgan fingerprint density at radius 1 is 1.06 bits per heavy atom. The maximum atomic E-state index is 4.78. The summed E-state index contributed by atoms with van der Waals surface area (Å²) in [6, 6.07) is 16.8.